The third kappa shape index (κ3) is 4.29. The van der Waals surface area contributed by atoms with E-state index < -0.39 is 5.41 Å². The molecule has 0 fully saturated rings. The number of ketones is 1. The molecule has 0 spiro atoms. The number of nitrogens with zero attached hydrogens (tertiary/aromatic N) is 1. The highest BCUT2D eigenvalue weighted by Crippen LogP contribution is 2.27. The zero-order valence-electron chi connectivity index (χ0n) is 10.4. The minimum atomic E-state index is -0.412. The first-order valence-electron chi connectivity index (χ1n) is 5.52. The molecule has 2 nitrogen and oxygen atoms in total. The maximum atomic E-state index is 12.0. The molecule has 0 saturated heterocycles. The number of hydrogen-bond donors (Lipinski definition) is 0. The molecule has 0 amide bonds. The van der Waals surface area contributed by atoms with Crippen molar-refractivity contribution in [1.82, 2.24) is 0 Å². The molecule has 84 valence electrons. The van der Waals surface area contributed by atoms with Gasteiger partial charge in [-0.3, -0.25) is 4.79 Å². The van der Waals surface area contributed by atoms with E-state index in [0.717, 1.165) is 12.8 Å². The van der Waals surface area contributed by atoms with Gasteiger partial charge in [-0.25, -0.2) is 0 Å². The van der Waals surface area contributed by atoms with Gasteiger partial charge in [-0.1, -0.05) is 47.1 Å². The lowest BCUT2D eigenvalue weighted by Gasteiger charge is -2.21. The maximum absolute atomic E-state index is 12.0. The normalized spacial score (nSPS) is 12.7. The van der Waals surface area contributed by atoms with Gasteiger partial charge >= 0.3 is 0 Å². The lowest BCUT2D eigenvalue weighted by molar-refractivity contribution is -0.123. The fraction of sp³-hybridized carbons (Fsp3) is 0.692. The molecular weight excluding hydrogens is 186 g/mol. The fourth-order valence-corrected chi connectivity index (χ4v) is 1.60. The van der Waals surface area contributed by atoms with Crippen molar-refractivity contribution in [2.45, 2.75) is 47.5 Å². The molecule has 0 aromatic carbocycles. The van der Waals surface area contributed by atoms with Crippen molar-refractivity contribution in [2.75, 3.05) is 0 Å². The van der Waals surface area contributed by atoms with Crippen molar-refractivity contribution < 1.29 is 4.79 Å². The largest absolute Gasteiger partial charge is 0.293 e. The van der Waals surface area contributed by atoms with Crippen LogP contribution in [0.5, 0.6) is 0 Å². The van der Waals surface area contributed by atoms with Crippen LogP contribution in [0.25, 0.3) is 0 Å². The second kappa shape index (κ2) is 5.70. The zero-order chi connectivity index (χ0) is 12.1. The molecular formula is C13H21NO. The summed E-state index contributed by atoms with van der Waals surface area (Å²) in [4.78, 5) is 12.0. The van der Waals surface area contributed by atoms with Gasteiger partial charge in [-0.2, -0.15) is 5.26 Å². The molecule has 0 saturated carbocycles. The van der Waals surface area contributed by atoms with Gasteiger partial charge in [0.1, 0.15) is 6.07 Å². The molecule has 0 heterocycles. The van der Waals surface area contributed by atoms with Gasteiger partial charge in [0.15, 0.2) is 5.78 Å². The number of allylic oxidation sites excluding steroid dienone is 2. The topological polar surface area (TPSA) is 40.9 Å². The Morgan fingerprint density at radius 3 is 2.33 bits per heavy atom. The monoisotopic (exact) mass is 207 g/mol. The first kappa shape index (κ1) is 13.9. The van der Waals surface area contributed by atoms with Gasteiger partial charge in [-0.05, 0) is 12.3 Å². The average Bonchev–Trinajstić information content (AvgIpc) is 2.12. The summed E-state index contributed by atoms with van der Waals surface area (Å²) in [5.74, 6) is 0.210. The van der Waals surface area contributed by atoms with E-state index in [1.807, 2.05) is 40.7 Å². The van der Waals surface area contributed by atoms with Crippen LogP contribution in [-0.2, 0) is 4.79 Å². The third-order valence-corrected chi connectivity index (χ3v) is 2.35. The van der Waals surface area contributed by atoms with Crippen LogP contribution in [0.3, 0.4) is 0 Å². The van der Waals surface area contributed by atoms with Crippen LogP contribution in [0.1, 0.15) is 47.5 Å². The van der Waals surface area contributed by atoms with E-state index in [2.05, 4.69) is 0 Å². The van der Waals surface area contributed by atoms with E-state index in [4.69, 9.17) is 5.26 Å². The average molecular weight is 207 g/mol. The molecule has 0 atom stereocenters. The van der Waals surface area contributed by atoms with Gasteiger partial charge in [0.2, 0.25) is 0 Å². The van der Waals surface area contributed by atoms with Crippen molar-refractivity contribution >= 4 is 5.78 Å². The highest BCUT2D eigenvalue weighted by molar-refractivity contribution is 6.02. The number of Topliss-reactive ketones (excluding diaryl/α,β-unsaturated/α-hetero) is 1. The fourth-order valence-electron chi connectivity index (χ4n) is 1.60. The van der Waals surface area contributed by atoms with Crippen LogP contribution >= 0.6 is 0 Å². The minimum Gasteiger partial charge on any atom is -0.293 e. The summed E-state index contributed by atoms with van der Waals surface area (Å²) in [7, 11) is 0. The molecule has 15 heavy (non-hydrogen) atoms. The Hall–Kier alpha value is -1.10. The second-order valence-corrected chi connectivity index (χ2v) is 4.90. The van der Waals surface area contributed by atoms with E-state index in [9.17, 15) is 4.79 Å². The summed E-state index contributed by atoms with van der Waals surface area (Å²) in [6, 6.07) is 2.01. The highest BCUT2D eigenvalue weighted by Gasteiger charge is 2.29. The van der Waals surface area contributed by atoms with Crippen molar-refractivity contribution in [1.29, 1.82) is 5.26 Å². The molecule has 0 bridgehead atoms. The van der Waals surface area contributed by atoms with Gasteiger partial charge in [0.05, 0.1) is 5.57 Å². The Bertz CT molecular complexity index is 292. The van der Waals surface area contributed by atoms with Crippen LogP contribution in [0.2, 0.25) is 0 Å². The number of rotatable bonds is 5. The Labute approximate surface area is 93.0 Å². The molecule has 0 aliphatic carbocycles. The van der Waals surface area contributed by atoms with Crippen LogP contribution in [0.4, 0.5) is 0 Å². The summed E-state index contributed by atoms with van der Waals surface area (Å²) in [6.45, 7) is 9.80. The third-order valence-electron chi connectivity index (χ3n) is 2.35. The van der Waals surface area contributed by atoms with Crippen LogP contribution in [-0.4, -0.2) is 5.78 Å². The first-order valence-corrected chi connectivity index (χ1v) is 5.52. The molecule has 0 N–H and O–H groups in total. The molecule has 0 unspecified atom stereocenters. The highest BCUT2D eigenvalue weighted by atomic mass is 16.1. The Morgan fingerprint density at radius 1 is 1.47 bits per heavy atom. The standard InChI is InChI=1S/C13H21NO/c1-6-7-13(4,5)12(15)11(9-14)8-10(2)3/h8,10H,6-7H2,1-5H3/b11-8+. The number of hydrogen-bond acceptors (Lipinski definition) is 2. The summed E-state index contributed by atoms with van der Waals surface area (Å²) in [6.07, 6.45) is 3.53. The molecule has 0 aromatic rings. The van der Waals surface area contributed by atoms with Crippen LogP contribution in [0.15, 0.2) is 11.6 Å². The van der Waals surface area contributed by atoms with E-state index in [1.165, 1.54) is 0 Å². The van der Waals surface area contributed by atoms with Gasteiger partial charge in [0, 0.05) is 5.41 Å². The number of carbonyl (C=O) groups excluding carboxylic acids is 1. The molecule has 2 heteroatoms. The van der Waals surface area contributed by atoms with E-state index >= 15 is 0 Å². The molecule has 0 radical (unpaired) electrons. The van der Waals surface area contributed by atoms with Gasteiger partial charge in [-0.15, -0.1) is 0 Å². The summed E-state index contributed by atoms with van der Waals surface area (Å²) in [5.41, 5.74) is -0.103. The van der Waals surface area contributed by atoms with Crippen LogP contribution in [0, 0.1) is 22.7 Å². The lowest BCUT2D eigenvalue weighted by Crippen LogP contribution is -2.25. The summed E-state index contributed by atoms with van der Waals surface area (Å²) in [5, 5.41) is 8.94. The van der Waals surface area contributed by atoms with Crippen molar-refractivity contribution in [3.05, 3.63) is 11.6 Å². The Balaban J connectivity index is 4.91. The van der Waals surface area contributed by atoms with Crippen molar-refractivity contribution in [2.24, 2.45) is 11.3 Å². The van der Waals surface area contributed by atoms with Gasteiger partial charge in [0.25, 0.3) is 0 Å². The summed E-state index contributed by atoms with van der Waals surface area (Å²) >= 11 is 0. The quantitative estimate of drug-likeness (QED) is 0.511. The molecule has 0 rings (SSSR count). The maximum Gasteiger partial charge on any atom is 0.178 e. The second-order valence-electron chi connectivity index (χ2n) is 4.90. The Morgan fingerprint density at radius 2 is 2.00 bits per heavy atom. The van der Waals surface area contributed by atoms with E-state index in [1.54, 1.807) is 6.08 Å². The van der Waals surface area contributed by atoms with Crippen molar-refractivity contribution in [3.63, 3.8) is 0 Å². The lowest BCUT2D eigenvalue weighted by atomic mass is 9.80. The minimum absolute atomic E-state index is 0.0273. The van der Waals surface area contributed by atoms with E-state index in [-0.39, 0.29) is 11.7 Å². The smallest absolute Gasteiger partial charge is 0.178 e. The van der Waals surface area contributed by atoms with Gasteiger partial charge < -0.3 is 0 Å². The molecule has 0 aromatic heterocycles. The summed E-state index contributed by atoms with van der Waals surface area (Å²) < 4.78 is 0. The predicted octanol–water partition coefficient (Wildman–Crippen LogP) is 3.49. The molecule has 0 aliphatic heterocycles. The van der Waals surface area contributed by atoms with Crippen molar-refractivity contribution in [3.8, 4) is 6.07 Å². The first-order chi connectivity index (χ1) is 6.85. The van der Waals surface area contributed by atoms with Crippen LogP contribution < -0.4 is 0 Å². The van der Waals surface area contributed by atoms with E-state index in [0.29, 0.717) is 5.57 Å². The molecule has 0 aliphatic rings. The number of carbonyl (C=O) groups is 1. The zero-order valence-corrected chi connectivity index (χ0v) is 10.4. The SMILES string of the molecule is CCCC(C)(C)C(=O)/C(C#N)=C/C(C)C. The predicted molar refractivity (Wildman–Crippen MR) is 62.2 cm³/mol. The number of nitriles is 1. The Kier molecular flexibility index (Phi) is 5.28.